The number of carbonyl (C=O) groups is 1. The topological polar surface area (TPSA) is 37.3 Å². The van der Waals surface area contributed by atoms with Gasteiger partial charge >= 0.3 is 5.97 Å². The molecule has 5 heteroatoms. The molecular formula is C9H7F3O2. The molecule has 0 amide bonds. The fraction of sp³-hybridized carbons (Fsp3) is 0.222. The largest absolute Gasteiger partial charge is 0.479 e. The minimum Gasteiger partial charge on any atom is -0.479 e. The van der Waals surface area contributed by atoms with E-state index in [0.29, 0.717) is 6.07 Å². The van der Waals surface area contributed by atoms with Crippen molar-refractivity contribution in [3.63, 3.8) is 0 Å². The number of aliphatic carboxylic acids is 1. The van der Waals surface area contributed by atoms with E-state index in [1.165, 1.54) is 0 Å². The number of carboxylic acids is 1. The first-order valence-electron chi connectivity index (χ1n) is 3.81. The Labute approximate surface area is 78.0 Å². The Hall–Kier alpha value is -1.52. The molecule has 0 aromatic heterocycles. The highest BCUT2D eigenvalue weighted by Crippen LogP contribution is 2.11. The quantitative estimate of drug-likeness (QED) is 0.816. The molecule has 1 aromatic rings. The molecule has 1 N–H and O–H groups in total. The molecule has 0 unspecified atom stereocenters. The van der Waals surface area contributed by atoms with Gasteiger partial charge in [-0.1, -0.05) is 0 Å². The van der Waals surface area contributed by atoms with Gasteiger partial charge in [0, 0.05) is 12.5 Å². The molecule has 14 heavy (non-hydrogen) atoms. The van der Waals surface area contributed by atoms with Crippen molar-refractivity contribution < 1.29 is 23.1 Å². The van der Waals surface area contributed by atoms with Crippen molar-refractivity contribution in [2.24, 2.45) is 0 Å². The van der Waals surface area contributed by atoms with Gasteiger partial charge in [0.1, 0.15) is 11.6 Å². The third kappa shape index (κ3) is 2.76. The first-order chi connectivity index (χ1) is 6.49. The smallest absolute Gasteiger partial charge is 0.338 e. The molecule has 0 aliphatic carbocycles. The van der Waals surface area contributed by atoms with E-state index in [1.54, 1.807) is 0 Å². The molecule has 0 spiro atoms. The van der Waals surface area contributed by atoms with E-state index >= 15 is 0 Å². The van der Waals surface area contributed by atoms with E-state index in [1.807, 2.05) is 0 Å². The summed E-state index contributed by atoms with van der Waals surface area (Å²) in [7, 11) is 0. The van der Waals surface area contributed by atoms with E-state index in [2.05, 4.69) is 0 Å². The fourth-order valence-electron chi connectivity index (χ4n) is 1.02. The molecule has 0 bridgehead atoms. The Kier molecular flexibility index (Phi) is 3.11. The summed E-state index contributed by atoms with van der Waals surface area (Å²) in [6.07, 6.45) is -2.68. The van der Waals surface area contributed by atoms with Gasteiger partial charge in [-0.2, -0.15) is 0 Å². The maximum atomic E-state index is 12.6. The van der Waals surface area contributed by atoms with Gasteiger partial charge in [-0.25, -0.2) is 18.0 Å². The molecule has 0 aliphatic heterocycles. The van der Waals surface area contributed by atoms with Crippen LogP contribution in [-0.4, -0.2) is 17.2 Å². The lowest BCUT2D eigenvalue weighted by Crippen LogP contribution is -2.17. The van der Waals surface area contributed by atoms with Gasteiger partial charge in [0.15, 0.2) is 0 Å². The molecule has 0 aliphatic rings. The zero-order valence-corrected chi connectivity index (χ0v) is 7.01. The standard InChI is InChI=1S/C9H7F3O2/c10-6-1-5(2-7(11)4-6)3-8(12)9(13)14/h1-2,4,8H,3H2,(H,13,14)/t8-/m0/s1. The van der Waals surface area contributed by atoms with Crippen LogP contribution in [0.1, 0.15) is 5.56 Å². The monoisotopic (exact) mass is 204 g/mol. The Bertz CT molecular complexity index is 332. The van der Waals surface area contributed by atoms with Crippen molar-refractivity contribution in [1.29, 1.82) is 0 Å². The Morgan fingerprint density at radius 1 is 1.29 bits per heavy atom. The molecule has 76 valence electrons. The summed E-state index contributed by atoms with van der Waals surface area (Å²) in [5, 5.41) is 8.22. The van der Waals surface area contributed by atoms with Gasteiger partial charge in [-0.05, 0) is 17.7 Å². The van der Waals surface area contributed by atoms with Crippen LogP contribution in [0.15, 0.2) is 18.2 Å². The minimum atomic E-state index is -2.14. The number of benzene rings is 1. The molecule has 0 saturated heterocycles. The summed E-state index contributed by atoms with van der Waals surface area (Å²) in [4.78, 5) is 10.1. The van der Waals surface area contributed by atoms with Crippen LogP contribution in [-0.2, 0) is 11.2 Å². The van der Waals surface area contributed by atoms with E-state index in [-0.39, 0.29) is 5.56 Å². The zero-order valence-electron chi connectivity index (χ0n) is 7.01. The van der Waals surface area contributed by atoms with Crippen LogP contribution in [0.3, 0.4) is 0 Å². The van der Waals surface area contributed by atoms with Crippen LogP contribution in [0, 0.1) is 11.6 Å². The normalized spacial score (nSPS) is 12.5. The summed E-state index contributed by atoms with van der Waals surface area (Å²) in [5.41, 5.74) is -0.0163. The van der Waals surface area contributed by atoms with Gasteiger partial charge < -0.3 is 5.11 Å². The predicted octanol–water partition coefficient (Wildman–Crippen LogP) is 1.93. The summed E-state index contributed by atoms with van der Waals surface area (Å²) >= 11 is 0. The number of carboxylic acid groups (broad SMARTS) is 1. The van der Waals surface area contributed by atoms with E-state index < -0.39 is 30.2 Å². The first kappa shape index (κ1) is 10.6. The van der Waals surface area contributed by atoms with Crippen molar-refractivity contribution in [3.8, 4) is 0 Å². The average Bonchev–Trinajstić information content (AvgIpc) is 2.01. The molecule has 2 nitrogen and oxygen atoms in total. The summed E-state index contributed by atoms with van der Waals surface area (Å²) in [6, 6.07) is 2.44. The zero-order chi connectivity index (χ0) is 10.7. The number of alkyl halides is 1. The Morgan fingerprint density at radius 3 is 2.21 bits per heavy atom. The van der Waals surface area contributed by atoms with Crippen LogP contribution in [0.5, 0.6) is 0 Å². The predicted molar refractivity (Wildman–Crippen MR) is 42.6 cm³/mol. The van der Waals surface area contributed by atoms with Crippen LogP contribution in [0.25, 0.3) is 0 Å². The molecule has 1 rings (SSSR count). The highest BCUT2D eigenvalue weighted by molar-refractivity contribution is 5.72. The molecule has 1 aromatic carbocycles. The number of hydrogen-bond acceptors (Lipinski definition) is 1. The molecule has 0 saturated carbocycles. The van der Waals surface area contributed by atoms with Crippen molar-refractivity contribution in [3.05, 3.63) is 35.4 Å². The molecule has 0 radical (unpaired) electrons. The Balaban J connectivity index is 2.81. The van der Waals surface area contributed by atoms with E-state index in [0.717, 1.165) is 12.1 Å². The third-order valence-corrected chi connectivity index (χ3v) is 1.61. The lowest BCUT2D eigenvalue weighted by atomic mass is 10.1. The second-order valence-corrected chi connectivity index (χ2v) is 2.79. The highest BCUT2D eigenvalue weighted by atomic mass is 19.1. The van der Waals surface area contributed by atoms with Crippen molar-refractivity contribution in [1.82, 2.24) is 0 Å². The van der Waals surface area contributed by atoms with Gasteiger partial charge in [0.25, 0.3) is 0 Å². The fourth-order valence-corrected chi connectivity index (χ4v) is 1.02. The average molecular weight is 204 g/mol. The third-order valence-electron chi connectivity index (χ3n) is 1.61. The van der Waals surface area contributed by atoms with E-state index in [4.69, 9.17) is 5.11 Å². The SMILES string of the molecule is O=C(O)[C@@H](F)Cc1cc(F)cc(F)c1. The molecule has 0 fully saturated rings. The molecule has 1 atom stereocenters. The van der Waals surface area contributed by atoms with Crippen LogP contribution in [0.2, 0.25) is 0 Å². The highest BCUT2D eigenvalue weighted by Gasteiger charge is 2.16. The van der Waals surface area contributed by atoms with Crippen LogP contribution in [0.4, 0.5) is 13.2 Å². The lowest BCUT2D eigenvalue weighted by Gasteiger charge is -2.03. The van der Waals surface area contributed by atoms with Crippen molar-refractivity contribution >= 4 is 5.97 Å². The lowest BCUT2D eigenvalue weighted by molar-refractivity contribution is -0.142. The summed E-state index contributed by atoms with van der Waals surface area (Å²) < 4.78 is 37.8. The van der Waals surface area contributed by atoms with Gasteiger partial charge in [-0.15, -0.1) is 0 Å². The van der Waals surface area contributed by atoms with Crippen molar-refractivity contribution in [2.45, 2.75) is 12.6 Å². The van der Waals surface area contributed by atoms with Crippen molar-refractivity contribution in [2.75, 3.05) is 0 Å². The van der Waals surface area contributed by atoms with Gasteiger partial charge in [-0.3, -0.25) is 0 Å². The number of hydrogen-bond donors (Lipinski definition) is 1. The minimum absolute atomic E-state index is 0.0163. The van der Waals surface area contributed by atoms with Gasteiger partial charge in [0.2, 0.25) is 6.17 Å². The summed E-state index contributed by atoms with van der Waals surface area (Å²) in [6.45, 7) is 0. The van der Waals surface area contributed by atoms with E-state index in [9.17, 15) is 18.0 Å². The second kappa shape index (κ2) is 4.13. The molecular weight excluding hydrogens is 197 g/mol. The Morgan fingerprint density at radius 2 is 1.79 bits per heavy atom. The maximum absolute atomic E-state index is 12.6. The number of rotatable bonds is 3. The van der Waals surface area contributed by atoms with Crippen LogP contribution < -0.4 is 0 Å². The maximum Gasteiger partial charge on any atom is 0.338 e. The second-order valence-electron chi connectivity index (χ2n) is 2.79. The summed E-state index contributed by atoms with van der Waals surface area (Å²) in [5.74, 6) is -3.34. The first-order valence-corrected chi connectivity index (χ1v) is 3.81. The molecule has 0 heterocycles. The number of halogens is 3. The van der Waals surface area contributed by atoms with Crippen LogP contribution >= 0.6 is 0 Å². The van der Waals surface area contributed by atoms with Gasteiger partial charge in [0.05, 0.1) is 0 Å².